The average Bonchev–Trinajstić information content (AvgIpc) is 3.10. The Hall–Kier alpha value is -3.47. The summed E-state index contributed by atoms with van der Waals surface area (Å²) in [5.74, 6) is 0.466. The van der Waals surface area contributed by atoms with Crippen molar-refractivity contribution in [3.63, 3.8) is 0 Å². The molecule has 1 N–H and O–H groups in total. The number of amides is 1. The predicted molar refractivity (Wildman–Crippen MR) is 112 cm³/mol. The number of imidazole rings is 1. The minimum Gasteiger partial charge on any atom is -0.352 e. The standard InChI is InChI=1S/C24H22FN3O/c25-20-14-12-19(13-15-20)24(29)26-16-6-11-23-27-21-9-4-5-10-22(21)28(23)17-18-7-2-1-3-8-18/h1-5,7-10,12-15H,6,11,16-17H2,(H,26,29). The molecule has 4 rings (SSSR count). The minimum atomic E-state index is -0.348. The van der Waals surface area contributed by atoms with Crippen LogP contribution in [0, 0.1) is 5.82 Å². The van der Waals surface area contributed by atoms with Gasteiger partial charge in [-0.25, -0.2) is 9.37 Å². The molecule has 0 aliphatic rings. The number of rotatable bonds is 7. The summed E-state index contributed by atoms with van der Waals surface area (Å²) < 4.78 is 15.2. The summed E-state index contributed by atoms with van der Waals surface area (Å²) in [5, 5.41) is 2.89. The Kier molecular flexibility index (Phi) is 5.66. The zero-order chi connectivity index (χ0) is 20.1. The summed E-state index contributed by atoms with van der Waals surface area (Å²) in [6.45, 7) is 1.30. The average molecular weight is 387 g/mol. The number of hydrogen-bond donors (Lipinski definition) is 1. The van der Waals surface area contributed by atoms with Crippen LogP contribution in [-0.2, 0) is 13.0 Å². The Labute approximate surface area is 169 Å². The van der Waals surface area contributed by atoms with Crippen molar-refractivity contribution in [1.82, 2.24) is 14.9 Å². The first-order valence-corrected chi connectivity index (χ1v) is 9.72. The fourth-order valence-electron chi connectivity index (χ4n) is 3.41. The highest BCUT2D eigenvalue weighted by Crippen LogP contribution is 2.19. The van der Waals surface area contributed by atoms with Gasteiger partial charge in [0.2, 0.25) is 0 Å². The van der Waals surface area contributed by atoms with Crippen molar-refractivity contribution < 1.29 is 9.18 Å². The van der Waals surface area contributed by atoms with Crippen molar-refractivity contribution in [3.8, 4) is 0 Å². The van der Waals surface area contributed by atoms with E-state index in [1.54, 1.807) is 0 Å². The van der Waals surface area contributed by atoms with Crippen LogP contribution in [0.3, 0.4) is 0 Å². The van der Waals surface area contributed by atoms with E-state index in [1.807, 2.05) is 36.4 Å². The summed E-state index contributed by atoms with van der Waals surface area (Å²) in [7, 11) is 0. The smallest absolute Gasteiger partial charge is 0.251 e. The molecule has 0 atom stereocenters. The van der Waals surface area contributed by atoms with E-state index in [1.165, 1.54) is 29.8 Å². The molecule has 146 valence electrons. The van der Waals surface area contributed by atoms with E-state index in [4.69, 9.17) is 4.98 Å². The molecule has 0 fully saturated rings. The van der Waals surface area contributed by atoms with Gasteiger partial charge in [-0.2, -0.15) is 0 Å². The molecule has 0 saturated carbocycles. The fraction of sp³-hybridized carbons (Fsp3) is 0.167. The molecule has 0 radical (unpaired) electrons. The lowest BCUT2D eigenvalue weighted by atomic mass is 10.2. The third-order valence-electron chi connectivity index (χ3n) is 4.89. The van der Waals surface area contributed by atoms with E-state index in [2.05, 4.69) is 28.1 Å². The van der Waals surface area contributed by atoms with Gasteiger partial charge < -0.3 is 9.88 Å². The van der Waals surface area contributed by atoms with Gasteiger partial charge in [-0.15, -0.1) is 0 Å². The molecule has 0 bridgehead atoms. The molecule has 1 heterocycles. The fourth-order valence-corrected chi connectivity index (χ4v) is 3.41. The largest absolute Gasteiger partial charge is 0.352 e. The normalized spacial score (nSPS) is 10.9. The number of para-hydroxylation sites is 2. The van der Waals surface area contributed by atoms with Crippen molar-refractivity contribution in [2.75, 3.05) is 6.54 Å². The van der Waals surface area contributed by atoms with E-state index < -0.39 is 0 Å². The van der Waals surface area contributed by atoms with Gasteiger partial charge in [0.05, 0.1) is 11.0 Å². The first-order chi connectivity index (χ1) is 14.2. The molecule has 4 nitrogen and oxygen atoms in total. The van der Waals surface area contributed by atoms with E-state index in [0.717, 1.165) is 36.2 Å². The Bertz CT molecular complexity index is 1100. The Morgan fingerprint density at radius 1 is 0.931 bits per heavy atom. The second kappa shape index (κ2) is 8.69. The number of nitrogens with zero attached hydrogens (tertiary/aromatic N) is 2. The Morgan fingerprint density at radius 3 is 2.45 bits per heavy atom. The number of hydrogen-bond acceptors (Lipinski definition) is 2. The third kappa shape index (κ3) is 4.51. The van der Waals surface area contributed by atoms with Gasteiger partial charge in [0.25, 0.3) is 5.91 Å². The monoisotopic (exact) mass is 387 g/mol. The van der Waals surface area contributed by atoms with Crippen LogP contribution >= 0.6 is 0 Å². The van der Waals surface area contributed by atoms with E-state index in [-0.39, 0.29) is 11.7 Å². The van der Waals surface area contributed by atoms with Crippen LogP contribution in [0.1, 0.15) is 28.2 Å². The van der Waals surface area contributed by atoms with Crippen molar-refractivity contribution in [1.29, 1.82) is 0 Å². The van der Waals surface area contributed by atoms with Crippen LogP contribution in [0.15, 0.2) is 78.9 Å². The zero-order valence-electron chi connectivity index (χ0n) is 16.0. The number of halogens is 1. The van der Waals surface area contributed by atoms with Crippen LogP contribution in [0.2, 0.25) is 0 Å². The molecule has 1 aromatic heterocycles. The summed E-state index contributed by atoms with van der Waals surface area (Å²) in [6, 6.07) is 24.0. The molecule has 0 saturated heterocycles. The second-order valence-electron chi connectivity index (χ2n) is 6.95. The predicted octanol–water partition coefficient (Wildman–Crippen LogP) is 4.59. The van der Waals surface area contributed by atoms with Gasteiger partial charge in [-0.3, -0.25) is 4.79 Å². The number of benzene rings is 3. The molecule has 0 aliphatic carbocycles. The van der Waals surface area contributed by atoms with Gasteiger partial charge in [-0.1, -0.05) is 42.5 Å². The lowest BCUT2D eigenvalue weighted by molar-refractivity contribution is 0.0953. The topological polar surface area (TPSA) is 46.9 Å². The van der Waals surface area contributed by atoms with Crippen molar-refractivity contribution in [3.05, 3.63) is 102 Å². The lowest BCUT2D eigenvalue weighted by Crippen LogP contribution is -2.25. The number of nitrogens with one attached hydrogen (secondary N) is 1. The van der Waals surface area contributed by atoms with Crippen LogP contribution in [0.4, 0.5) is 4.39 Å². The highest BCUT2D eigenvalue weighted by atomic mass is 19.1. The third-order valence-corrected chi connectivity index (χ3v) is 4.89. The van der Waals surface area contributed by atoms with E-state index >= 15 is 0 Å². The summed E-state index contributed by atoms with van der Waals surface area (Å²) >= 11 is 0. The quantitative estimate of drug-likeness (QED) is 0.472. The van der Waals surface area contributed by atoms with Crippen LogP contribution in [-0.4, -0.2) is 22.0 Å². The maximum absolute atomic E-state index is 13.0. The summed E-state index contributed by atoms with van der Waals surface area (Å²) in [5.41, 5.74) is 3.78. The molecule has 1 amide bonds. The molecule has 3 aromatic carbocycles. The molecule has 0 unspecified atom stereocenters. The van der Waals surface area contributed by atoms with Crippen molar-refractivity contribution in [2.24, 2.45) is 0 Å². The second-order valence-corrected chi connectivity index (χ2v) is 6.95. The zero-order valence-corrected chi connectivity index (χ0v) is 16.0. The number of aryl methyl sites for hydroxylation is 1. The van der Waals surface area contributed by atoms with Crippen LogP contribution in [0.25, 0.3) is 11.0 Å². The van der Waals surface area contributed by atoms with Gasteiger partial charge in [0, 0.05) is 25.1 Å². The van der Waals surface area contributed by atoms with Gasteiger partial charge in [0.15, 0.2) is 0 Å². The summed E-state index contributed by atoms with van der Waals surface area (Å²) in [4.78, 5) is 17.0. The lowest BCUT2D eigenvalue weighted by Gasteiger charge is -2.10. The number of fused-ring (bicyclic) bond motifs is 1. The molecular formula is C24H22FN3O. The van der Waals surface area contributed by atoms with Crippen molar-refractivity contribution in [2.45, 2.75) is 19.4 Å². The molecule has 0 aliphatic heterocycles. The van der Waals surface area contributed by atoms with Crippen molar-refractivity contribution >= 4 is 16.9 Å². The van der Waals surface area contributed by atoms with Gasteiger partial charge in [-0.05, 0) is 48.4 Å². The first kappa shape index (κ1) is 18.9. The van der Waals surface area contributed by atoms with Crippen LogP contribution < -0.4 is 5.32 Å². The van der Waals surface area contributed by atoms with E-state index in [0.29, 0.717) is 12.1 Å². The highest BCUT2D eigenvalue weighted by Gasteiger charge is 2.11. The maximum atomic E-state index is 13.0. The Balaban J connectivity index is 1.43. The Morgan fingerprint density at radius 2 is 1.66 bits per heavy atom. The number of aromatic nitrogens is 2. The molecule has 0 spiro atoms. The van der Waals surface area contributed by atoms with Crippen LogP contribution in [0.5, 0.6) is 0 Å². The number of carbonyl (C=O) groups excluding carboxylic acids is 1. The van der Waals surface area contributed by atoms with Gasteiger partial charge in [0.1, 0.15) is 11.6 Å². The first-order valence-electron chi connectivity index (χ1n) is 9.72. The molecular weight excluding hydrogens is 365 g/mol. The highest BCUT2D eigenvalue weighted by molar-refractivity contribution is 5.94. The molecule has 5 heteroatoms. The van der Waals surface area contributed by atoms with E-state index in [9.17, 15) is 9.18 Å². The minimum absolute atomic E-state index is 0.192. The SMILES string of the molecule is O=C(NCCCc1nc2ccccc2n1Cc1ccccc1)c1ccc(F)cc1. The molecule has 4 aromatic rings. The maximum Gasteiger partial charge on any atom is 0.251 e. The van der Waals surface area contributed by atoms with Gasteiger partial charge >= 0.3 is 0 Å². The number of carbonyl (C=O) groups is 1. The summed E-state index contributed by atoms with van der Waals surface area (Å²) in [6.07, 6.45) is 1.52. The molecule has 29 heavy (non-hydrogen) atoms.